The number of hydrogen-bond donors (Lipinski definition) is 0. The van der Waals surface area contributed by atoms with Crippen LogP contribution in [-0.4, -0.2) is 6.16 Å². The molecule has 0 bridgehead atoms. The third-order valence-corrected chi connectivity index (χ3v) is 1.52. The van der Waals surface area contributed by atoms with Crippen LogP contribution in [0.1, 0.15) is 6.92 Å². The van der Waals surface area contributed by atoms with Gasteiger partial charge in [0.15, 0.2) is 6.16 Å². The minimum absolute atomic E-state index is 0.519. The lowest BCUT2D eigenvalue weighted by Gasteiger charge is -1.53. The molecule has 0 amide bonds. The Bertz CT molecular complexity index is 44.9. The molecule has 0 aromatic heterocycles. The van der Waals surface area contributed by atoms with Gasteiger partial charge in [-0.1, -0.05) is 0 Å². The van der Waals surface area contributed by atoms with Crippen molar-refractivity contribution in [2.75, 3.05) is 6.16 Å². The molecule has 0 aliphatic heterocycles. The molecular formula is C2H5FPS+. The first-order valence-electron chi connectivity index (χ1n) is 1.37. The van der Waals surface area contributed by atoms with Crippen LogP contribution in [0, 0.1) is 0 Å². The summed E-state index contributed by atoms with van der Waals surface area (Å²) in [6, 6.07) is 0. The van der Waals surface area contributed by atoms with Gasteiger partial charge in [0, 0.05) is 4.20 Å². The van der Waals surface area contributed by atoms with Gasteiger partial charge >= 0.3 is 7.01 Å². The van der Waals surface area contributed by atoms with E-state index >= 15 is 0 Å². The van der Waals surface area contributed by atoms with Crippen LogP contribution < -0.4 is 0 Å². The highest BCUT2D eigenvalue weighted by Gasteiger charge is 1.96. The lowest BCUT2D eigenvalue weighted by atomic mass is 11.0. The van der Waals surface area contributed by atoms with Crippen LogP contribution in [0.25, 0.3) is 0 Å². The third kappa shape index (κ3) is 4.45. The van der Waals surface area contributed by atoms with Gasteiger partial charge in [0.2, 0.25) is 11.8 Å². The summed E-state index contributed by atoms with van der Waals surface area (Å²) in [5.74, 6) is 0. The van der Waals surface area contributed by atoms with Crippen molar-refractivity contribution in [1.29, 1.82) is 0 Å². The molecule has 30 valence electrons. The van der Waals surface area contributed by atoms with Crippen molar-refractivity contribution < 1.29 is 4.20 Å². The molecule has 0 saturated heterocycles. The Morgan fingerprint density at radius 3 is 2.20 bits per heavy atom. The van der Waals surface area contributed by atoms with Crippen LogP contribution in [0.5, 0.6) is 0 Å². The zero-order chi connectivity index (χ0) is 4.28. The van der Waals surface area contributed by atoms with Crippen LogP contribution in [0.2, 0.25) is 0 Å². The van der Waals surface area contributed by atoms with E-state index in [9.17, 15) is 4.20 Å². The van der Waals surface area contributed by atoms with Gasteiger partial charge in [-0.05, 0) is 6.92 Å². The standard InChI is InChI=1S/C2H5FPS/c1-2-4(3)5/h2H2,1H3/q+1. The van der Waals surface area contributed by atoms with Crippen molar-refractivity contribution in [1.82, 2.24) is 0 Å². The summed E-state index contributed by atoms with van der Waals surface area (Å²) in [5.41, 5.74) is 0. The first kappa shape index (κ1) is 5.45. The molecule has 0 aromatic rings. The van der Waals surface area contributed by atoms with Crippen LogP contribution in [0.3, 0.4) is 0 Å². The van der Waals surface area contributed by atoms with Crippen LogP contribution in [-0.2, 0) is 11.8 Å². The quantitative estimate of drug-likeness (QED) is 0.465. The van der Waals surface area contributed by atoms with E-state index in [1.807, 2.05) is 0 Å². The minimum atomic E-state index is -1.51. The minimum Gasteiger partial charge on any atom is -0.0199 e. The first-order chi connectivity index (χ1) is 2.27. The van der Waals surface area contributed by atoms with Gasteiger partial charge in [-0.25, -0.2) is 0 Å². The average molecular weight is 111 g/mol. The van der Waals surface area contributed by atoms with Gasteiger partial charge in [0.25, 0.3) is 0 Å². The lowest BCUT2D eigenvalue weighted by Crippen LogP contribution is -1.49. The van der Waals surface area contributed by atoms with Crippen molar-refractivity contribution in [3.63, 3.8) is 0 Å². The maximum absolute atomic E-state index is 11.3. The highest BCUT2D eigenvalue weighted by Crippen LogP contribution is 2.19. The van der Waals surface area contributed by atoms with E-state index in [1.54, 1.807) is 6.92 Å². The topological polar surface area (TPSA) is 0 Å². The zero-order valence-electron chi connectivity index (χ0n) is 2.94. The van der Waals surface area contributed by atoms with Gasteiger partial charge in [0.05, 0.1) is 0 Å². The maximum atomic E-state index is 11.3. The molecule has 0 radical (unpaired) electrons. The molecule has 0 heterocycles. The summed E-state index contributed by atoms with van der Waals surface area (Å²) in [5, 5.41) is 0. The Hall–Kier alpha value is 0.450. The molecule has 3 heteroatoms. The smallest absolute Gasteiger partial charge is 0.0199 e. The fraction of sp³-hybridized carbons (Fsp3) is 1.00. The molecule has 0 aliphatic rings. The number of rotatable bonds is 1. The Balaban J connectivity index is 2.85. The predicted molar refractivity (Wildman–Crippen MR) is 25.9 cm³/mol. The van der Waals surface area contributed by atoms with E-state index < -0.39 is 7.01 Å². The van der Waals surface area contributed by atoms with E-state index in [2.05, 4.69) is 11.8 Å². The molecule has 0 nitrogen and oxygen atoms in total. The van der Waals surface area contributed by atoms with Gasteiger partial charge in [-0.15, -0.1) is 0 Å². The largest absolute Gasteiger partial charge is 0.395 e. The van der Waals surface area contributed by atoms with E-state index in [1.165, 1.54) is 0 Å². The molecule has 0 fully saturated rings. The van der Waals surface area contributed by atoms with Crippen molar-refractivity contribution in [3.8, 4) is 0 Å². The molecule has 1 unspecified atom stereocenters. The monoisotopic (exact) mass is 111 g/mol. The fourth-order valence-electron chi connectivity index (χ4n) is 0. The second-order valence-corrected chi connectivity index (χ2v) is 3.09. The van der Waals surface area contributed by atoms with Crippen molar-refractivity contribution in [2.24, 2.45) is 0 Å². The molecule has 0 spiro atoms. The second-order valence-electron chi connectivity index (χ2n) is 0.634. The molecule has 1 atom stereocenters. The Kier molecular flexibility index (Phi) is 2.92. The summed E-state index contributed by atoms with van der Waals surface area (Å²) < 4.78 is 11.3. The Morgan fingerprint density at radius 1 is 2.00 bits per heavy atom. The molecule has 0 N–H and O–H groups in total. The van der Waals surface area contributed by atoms with Crippen LogP contribution in [0.4, 0.5) is 4.20 Å². The van der Waals surface area contributed by atoms with Crippen molar-refractivity contribution >= 4 is 18.8 Å². The zero-order valence-corrected chi connectivity index (χ0v) is 4.65. The van der Waals surface area contributed by atoms with E-state index in [4.69, 9.17) is 0 Å². The number of halogens is 1. The number of hydrogen-bond acceptors (Lipinski definition) is 1. The van der Waals surface area contributed by atoms with Gasteiger partial charge < -0.3 is 0 Å². The third-order valence-electron chi connectivity index (χ3n) is 0.249. The Morgan fingerprint density at radius 2 is 2.20 bits per heavy atom. The van der Waals surface area contributed by atoms with Crippen molar-refractivity contribution in [2.45, 2.75) is 6.92 Å². The molecule has 0 saturated carbocycles. The van der Waals surface area contributed by atoms with Crippen LogP contribution >= 0.6 is 7.01 Å². The summed E-state index contributed by atoms with van der Waals surface area (Å²) in [4.78, 5) is 0. The molecular weight excluding hydrogens is 106 g/mol. The highest BCUT2D eigenvalue weighted by molar-refractivity contribution is 8.02. The normalized spacial score (nSPS) is 11.2. The van der Waals surface area contributed by atoms with Gasteiger partial charge in [0.1, 0.15) is 0 Å². The average Bonchev–Trinajstić information content (AvgIpc) is 1.38. The predicted octanol–water partition coefficient (Wildman–Crippen LogP) is 1.83. The van der Waals surface area contributed by atoms with E-state index in [0.717, 1.165) is 0 Å². The fourth-order valence-corrected chi connectivity index (χ4v) is 0. The van der Waals surface area contributed by atoms with E-state index in [-0.39, 0.29) is 0 Å². The SMILES string of the molecule is CC[P+](F)=S. The molecule has 0 aliphatic carbocycles. The lowest BCUT2D eigenvalue weighted by molar-refractivity contribution is 0.912. The summed E-state index contributed by atoms with van der Waals surface area (Å²) >= 11 is 4.18. The molecule has 5 heavy (non-hydrogen) atoms. The van der Waals surface area contributed by atoms with Gasteiger partial charge in [-0.2, -0.15) is 0 Å². The first-order valence-corrected chi connectivity index (χ1v) is 3.81. The van der Waals surface area contributed by atoms with Crippen LogP contribution in [0.15, 0.2) is 0 Å². The second kappa shape index (κ2) is 2.67. The summed E-state index contributed by atoms with van der Waals surface area (Å²) in [6.07, 6.45) is 0.519. The summed E-state index contributed by atoms with van der Waals surface area (Å²) in [6.45, 7) is 1.75. The highest BCUT2D eigenvalue weighted by atomic mass is 32.4. The molecule has 0 rings (SSSR count). The summed E-state index contributed by atoms with van der Waals surface area (Å²) in [7, 11) is -1.51. The molecule has 0 aromatic carbocycles. The van der Waals surface area contributed by atoms with Gasteiger partial charge in [-0.3, -0.25) is 0 Å². The maximum Gasteiger partial charge on any atom is 0.395 e. The van der Waals surface area contributed by atoms with Crippen molar-refractivity contribution in [3.05, 3.63) is 0 Å². The van der Waals surface area contributed by atoms with E-state index in [0.29, 0.717) is 6.16 Å². The Labute approximate surface area is 36.9 Å².